The van der Waals surface area contributed by atoms with E-state index in [-0.39, 0.29) is 10.7 Å². The van der Waals surface area contributed by atoms with Crippen molar-refractivity contribution in [1.29, 1.82) is 0 Å². The average molecular weight is 345 g/mol. The highest BCUT2D eigenvalue weighted by Crippen LogP contribution is 2.24. The smallest absolute Gasteiger partial charge is 0.267 e. The van der Waals surface area contributed by atoms with E-state index in [9.17, 15) is 8.42 Å². The number of nitrogens with one attached hydrogen (secondary N) is 1. The summed E-state index contributed by atoms with van der Waals surface area (Å²) in [6.07, 6.45) is 1.37. The number of nitrogens with zero attached hydrogens (tertiary/aromatic N) is 2. The van der Waals surface area contributed by atoms with Gasteiger partial charge >= 0.3 is 0 Å². The number of rotatable bonds is 3. The normalized spacial score (nSPS) is 11.5. The fourth-order valence-corrected chi connectivity index (χ4v) is 3.34. The molecule has 0 atom stereocenters. The molecule has 0 bridgehead atoms. The zero-order valence-corrected chi connectivity index (χ0v) is 12.8. The van der Waals surface area contributed by atoms with Crippen LogP contribution in [-0.4, -0.2) is 18.2 Å². The van der Waals surface area contributed by atoms with Gasteiger partial charge in [-0.1, -0.05) is 15.9 Å². The van der Waals surface area contributed by atoms with E-state index >= 15 is 0 Å². The maximum atomic E-state index is 12.2. The minimum atomic E-state index is -3.73. The van der Waals surface area contributed by atoms with E-state index in [4.69, 9.17) is 5.73 Å². The second-order valence-electron chi connectivity index (χ2n) is 4.12. The molecule has 0 amide bonds. The van der Waals surface area contributed by atoms with Crippen molar-refractivity contribution in [2.45, 2.75) is 11.8 Å². The molecule has 2 rings (SSSR count). The molecular formula is C11H13BrN4O2S. The van der Waals surface area contributed by atoms with Crippen LogP contribution >= 0.6 is 15.9 Å². The molecule has 8 heteroatoms. The average Bonchev–Trinajstić information content (AvgIpc) is 2.63. The Balaban J connectivity index is 2.39. The van der Waals surface area contributed by atoms with Crippen molar-refractivity contribution >= 4 is 37.5 Å². The molecule has 6 nitrogen and oxygen atoms in total. The van der Waals surface area contributed by atoms with Crippen LogP contribution in [0.2, 0.25) is 0 Å². The zero-order valence-electron chi connectivity index (χ0n) is 10.4. The van der Waals surface area contributed by atoms with Crippen LogP contribution in [-0.2, 0) is 17.1 Å². The molecule has 0 aliphatic carbocycles. The number of hydrogen-bond acceptors (Lipinski definition) is 4. The van der Waals surface area contributed by atoms with Crippen molar-refractivity contribution in [2.75, 3.05) is 10.5 Å². The number of anilines is 2. The largest absolute Gasteiger partial charge is 0.381 e. The minimum absolute atomic E-state index is 0.0234. The first-order valence-electron chi connectivity index (χ1n) is 5.37. The van der Waals surface area contributed by atoms with Crippen LogP contribution in [0.25, 0.3) is 0 Å². The molecule has 0 aliphatic rings. The topological polar surface area (TPSA) is 90.0 Å². The fourth-order valence-electron chi connectivity index (χ4n) is 1.63. The highest BCUT2D eigenvalue weighted by Gasteiger charge is 2.21. The van der Waals surface area contributed by atoms with Gasteiger partial charge in [0.2, 0.25) is 0 Å². The number of aryl methyl sites for hydroxylation is 2. The van der Waals surface area contributed by atoms with Gasteiger partial charge in [0.15, 0.2) is 5.82 Å². The molecule has 1 aromatic carbocycles. The van der Waals surface area contributed by atoms with Crippen molar-refractivity contribution in [3.05, 3.63) is 34.4 Å². The van der Waals surface area contributed by atoms with Gasteiger partial charge in [0.25, 0.3) is 10.0 Å². The maximum absolute atomic E-state index is 12.2. The van der Waals surface area contributed by atoms with Gasteiger partial charge in [-0.25, -0.2) is 8.42 Å². The van der Waals surface area contributed by atoms with Gasteiger partial charge in [-0.3, -0.25) is 9.40 Å². The van der Waals surface area contributed by atoms with Crippen molar-refractivity contribution < 1.29 is 8.42 Å². The quantitative estimate of drug-likeness (QED) is 0.889. The Morgan fingerprint density at radius 2 is 2.11 bits per heavy atom. The second-order valence-corrected chi connectivity index (χ2v) is 6.68. The predicted octanol–water partition coefficient (Wildman–Crippen LogP) is 1.87. The lowest BCUT2D eigenvalue weighted by Crippen LogP contribution is -2.14. The first kappa shape index (κ1) is 13.9. The molecule has 1 aromatic heterocycles. The number of nitrogens with two attached hydrogens (primary N) is 1. The van der Waals surface area contributed by atoms with Gasteiger partial charge in [0.1, 0.15) is 4.90 Å². The van der Waals surface area contributed by atoms with Crippen molar-refractivity contribution in [1.82, 2.24) is 9.78 Å². The summed E-state index contributed by atoms with van der Waals surface area (Å²) in [6, 6.07) is 5.27. The third-order valence-corrected chi connectivity index (χ3v) is 4.42. The van der Waals surface area contributed by atoms with Gasteiger partial charge in [-0.15, -0.1) is 0 Å². The Bertz CT molecular complexity index is 724. The first-order chi connectivity index (χ1) is 8.79. The Morgan fingerprint density at radius 3 is 2.63 bits per heavy atom. The molecule has 0 spiro atoms. The molecule has 3 N–H and O–H groups in total. The molecule has 0 unspecified atom stereocenters. The third-order valence-electron chi connectivity index (χ3n) is 2.54. The van der Waals surface area contributed by atoms with E-state index in [0.717, 1.165) is 10.0 Å². The molecule has 102 valence electrons. The zero-order chi connectivity index (χ0) is 14.2. The molecule has 19 heavy (non-hydrogen) atoms. The van der Waals surface area contributed by atoms with Gasteiger partial charge in [-0.05, 0) is 30.7 Å². The van der Waals surface area contributed by atoms with Crippen LogP contribution in [0.15, 0.2) is 33.8 Å². The number of halogens is 1. The summed E-state index contributed by atoms with van der Waals surface area (Å²) in [5, 5.41) is 3.82. The minimum Gasteiger partial charge on any atom is -0.381 e. The molecule has 2 aromatic rings. The summed E-state index contributed by atoms with van der Waals surface area (Å²) in [7, 11) is -2.12. The van der Waals surface area contributed by atoms with E-state index < -0.39 is 10.0 Å². The molecule has 0 radical (unpaired) electrons. The highest BCUT2D eigenvalue weighted by molar-refractivity contribution is 9.10. The second kappa shape index (κ2) is 4.86. The van der Waals surface area contributed by atoms with Crippen LogP contribution < -0.4 is 10.5 Å². The SMILES string of the molecule is Cc1cc(Br)ccc1NS(=O)(=O)c1cn(C)nc1N. The predicted molar refractivity (Wildman–Crippen MR) is 77.3 cm³/mol. The summed E-state index contributed by atoms with van der Waals surface area (Å²) >= 11 is 3.33. The summed E-state index contributed by atoms with van der Waals surface area (Å²) in [5.74, 6) is -0.0234. The molecule has 1 heterocycles. The molecular weight excluding hydrogens is 332 g/mol. The monoisotopic (exact) mass is 344 g/mol. The van der Waals surface area contributed by atoms with Crippen LogP contribution in [0.5, 0.6) is 0 Å². The molecule has 0 saturated heterocycles. The van der Waals surface area contributed by atoms with E-state index in [1.807, 2.05) is 13.0 Å². The highest BCUT2D eigenvalue weighted by atomic mass is 79.9. The number of benzene rings is 1. The van der Waals surface area contributed by atoms with E-state index in [1.165, 1.54) is 10.9 Å². The van der Waals surface area contributed by atoms with Crippen molar-refractivity contribution in [2.24, 2.45) is 7.05 Å². The van der Waals surface area contributed by atoms with Crippen molar-refractivity contribution in [3.8, 4) is 0 Å². The van der Waals surface area contributed by atoms with Crippen LogP contribution in [0.4, 0.5) is 11.5 Å². The van der Waals surface area contributed by atoms with Gasteiger partial charge in [0, 0.05) is 17.7 Å². The fraction of sp³-hybridized carbons (Fsp3) is 0.182. The van der Waals surface area contributed by atoms with Crippen LogP contribution in [0.1, 0.15) is 5.56 Å². The lowest BCUT2D eigenvalue weighted by atomic mass is 10.2. The van der Waals surface area contributed by atoms with Crippen LogP contribution in [0, 0.1) is 6.92 Å². The van der Waals surface area contributed by atoms with E-state index in [2.05, 4.69) is 25.8 Å². The summed E-state index contributed by atoms with van der Waals surface area (Å²) in [6.45, 7) is 1.81. The van der Waals surface area contributed by atoms with Crippen LogP contribution in [0.3, 0.4) is 0 Å². The Hall–Kier alpha value is -1.54. The number of sulfonamides is 1. The van der Waals surface area contributed by atoms with E-state index in [0.29, 0.717) is 5.69 Å². The van der Waals surface area contributed by atoms with Gasteiger partial charge in [0.05, 0.1) is 5.69 Å². The first-order valence-corrected chi connectivity index (χ1v) is 7.65. The number of aromatic nitrogens is 2. The molecule has 0 fully saturated rings. The summed E-state index contributed by atoms with van der Waals surface area (Å²) < 4.78 is 29.2. The Labute approximate surface area is 119 Å². The van der Waals surface area contributed by atoms with Crippen molar-refractivity contribution in [3.63, 3.8) is 0 Å². The van der Waals surface area contributed by atoms with Gasteiger partial charge in [-0.2, -0.15) is 5.10 Å². The third kappa shape index (κ3) is 2.90. The standard InChI is InChI=1S/C11H13BrN4O2S/c1-7-5-8(12)3-4-9(7)15-19(17,18)10-6-16(2)14-11(10)13/h3-6,15H,1-2H3,(H2,13,14). The molecule has 0 saturated carbocycles. The number of hydrogen-bond donors (Lipinski definition) is 2. The lowest BCUT2D eigenvalue weighted by Gasteiger charge is -2.09. The van der Waals surface area contributed by atoms with Gasteiger partial charge < -0.3 is 5.73 Å². The Kier molecular flexibility index (Phi) is 3.55. The Morgan fingerprint density at radius 1 is 1.42 bits per heavy atom. The lowest BCUT2D eigenvalue weighted by molar-refractivity contribution is 0.601. The summed E-state index contributed by atoms with van der Waals surface area (Å²) in [5.41, 5.74) is 6.90. The van der Waals surface area contributed by atoms with E-state index in [1.54, 1.807) is 19.2 Å². The number of nitrogen functional groups attached to an aromatic ring is 1. The summed E-state index contributed by atoms with van der Waals surface area (Å²) in [4.78, 5) is -0.0303. The maximum Gasteiger partial charge on any atom is 0.267 e. The molecule has 0 aliphatic heterocycles.